The molecule has 0 heterocycles. The Hall–Kier alpha value is -1.42. The Labute approximate surface area is 130 Å². The van der Waals surface area contributed by atoms with Gasteiger partial charge >= 0.3 is 0 Å². The minimum atomic E-state index is 0.667. The third-order valence-corrected chi connectivity index (χ3v) is 2.71. The van der Waals surface area contributed by atoms with Crippen LogP contribution in [0.15, 0.2) is 18.2 Å². The van der Waals surface area contributed by atoms with Crippen LogP contribution >= 0.6 is 0 Å². The first-order chi connectivity index (χ1) is 10.2. The van der Waals surface area contributed by atoms with Crippen molar-refractivity contribution in [1.82, 2.24) is 5.32 Å². The van der Waals surface area contributed by atoms with Gasteiger partial charge in [-0.25, -0.2) is 0 Å². The first-order valence-corrected chi connectivity index (χ1v) is 8.05. The van der Waals surface area contributed by atoms with Crippen LogP contribution in [0.1, 0.15) is 47.0 Å². The average Bonchev–Trinajstić information content (AvgIpc) is 2.49. The third-order valence-electron chi connectivity index (χ3n) is 2.71. The van der Waals surface area contributed by atoms with Gasteiger partial charge in [0.05, 0.1) is 18.9 Å². The largest absolute Gasteiger partial charge is 0.493 e. The Morgan fingerprint density at radius 3 is 2.19 bits per heavy atom. The summed E-state index contributed by atoms with van der Waals surface area (Å²) in [6.45, 7) is 12.0. The summed E-state index contributed by atoms with van der Waals surface area (Å²) in [4.78, 5) is 0. The van der Waals surface area contributed by atoms with Crippen LogP contribution in [-0.2, 0) is 0 Å². The van der Waals surface area contributed by atoms with Gasteiger partial charge < -0.3 is 20.5 Å². The van der Waals surface area contributed by atoms with Gasteiger partial charge in [0.1, 0.15) is 11.5 Å². The van der Waals surface area contributed by atoms with E-state index in [0.29, 0.717) is 12.3 Å². The van der Waals surface area contributed by atoms with E-state index in [1.54, 1.807) is 0 Å². The summed E-state index contributed by atoms with van der Waals surface area (Å²) in [5.41, 5.74) is 6.49. The summed E-state index contributed by atoms with van der Waals surface area (Å²) in [6, 6.07) is 5.56. The predicted octanol–water partition coefficient (Wildman–Crippen LogP) is 3.85. The lowest BCUT2D eigenvalue weighted by atomic mass is 10.3. The second kappa shape index (κ2) is 13.6. The molecule has 0 aromatic heterocycles. The zero-order valence-electron chi connectivity index (χ0n) is 14.1. The summed E-state index contributed by atoms with van der Waals surface area (Å²) in [5, 5.41) is 3.11. The Kier molecular flexibility index (Phi) is 12.6. The van der Waals surface area contributed by atoms with Gasteiger partial charge in [0.15, 0.2) is 0 Å². The van der Waals surface area contributed by atoms with Crippen molar-refractivity contribution in [3.63, 3.8) is 0 Å². The topological polar surface area (TPSA) is 56.5 Å². The zero-order chi connectivity index (χ0) is 15.9. The summed E-state index contributed by atoms with van der Waals surface area (Å²) >= 11 is 0. The minimum Gasteiger partial charge on any atom is -0.493 e. The molecule has 1 aromatic rings. The molecule has 0 saturated heterocycles. The molecule has 3 N–H and O–H groups in total. The highest BCUT2D eigenvalue weighted by molar-refractivity contribution is 5.55. The van der Waals surface area contributed by atoms with Gasteiger partial charge in [-0.3, -0.25) is 0 Å². The van der Waals surface area contributed by atoms with Gasteiger partial charge in [-0.1, -0.05) is 34.1 Å². The number of nitrogens with two attached hydrogens (primary N) is 1. The second-order valence-electron chi connectivity index (χ2n) is 4.71. The van der Waals surface area contributed by atoms with E-state index in [0.717, 1.165) is 50.5 Å². The monoisotopic (exact) mass is 296 g/mol. The molecular weight excluding hydrogens is 264 g/mol. The molecule has 0 unspecified atom stereocenters. The van der Waals surface area contributed by atoms with Crippen LogP contribution in [0.4, 0.5) is 5.69 Å². The van der Waals surface area contributed by atoms with Crippen molar-refractivity contribution in [3.05, 3.63) is 18.2 Å². The number of nitrogen functional groups attached to an aromatic ring is 1. The van der Waals surface area contributed by atoms with Crippen LogP contribution in [0.5, 0.6) is 11.5 Å². The molecule has 0 amide bonds. The van der Waals surface area contributed by atoms with Crippen molar-refractivity contribution < 1.29 is 9.47 Å². The van der Waals surface area contributed by atoms with Crippen LogP contribution in [-0.4, -0.2) is 26.3 Å². The van der Waals surface area contributed by atoms with Gasteiger partial charge in [0, 0.05) is 6.07 Å². The first kappa shape index (κ1) is 19.6. The molecule has 1 rings (SSSR count). The molecule has 0 fully saturated rings. The van der Waals surface area contributed by atoms with Crippen molar-refractivity contribution in [3.8, 4) is 11.5 Å². The molecule has 0 radical (unpaired) electrons. The first-order valence-electron chi connectivity index (χ1n) is 8.05. The van der Waals surface area contributed by atoms with E-state index in [1.807, 2.05) is 18.2 Å². The number of anilines is 1. The van der Waals surface area contributed by atoms with Crippen LogP contribution in [0.3, 0.4) is 0 Å². The van der Waals surface area contributed by atoms with E-state index in [-0.39, 0.29) is 0 Å². The van der Waals surface area contributed by atoms with Crippen molar-refractivity contribution in [2.24, 2.45) is 0 Å². The zero-order valence-corrected chi connectivity index (χ0v) is 14.1. The molecule has 0 aliphatic carbocycles. The fraction of sp³-hybridized carbons (Fsp3) is 0.647. The highest BCUT2D eigenvalue weighted by atomic mass is 16.5. The number of hydrogen-bond acceptors (Lipinski definition) is 4. The maximum absolute atomic E-state index is 5.82. The van der Waals surface area contributed by atoms with Gasteiger partial charge in [0.2, 0.25) is 0 Å². The number of benzene rings is 1. The Morgan fingerprint density at radius 2 is 1.67 bits per heavy atom. The van der Waals surface area contributed by atoms with E-state index in [2.05, 4.69) is 33.0 Å². The highest BCUT2D eigenvalue weighted by Gasteiger charge is 2.02. The molecule has 0 saturated carbocycles. The summed E-state index contributed by atoms with van der Waals surface area (Å²) in [5.74, 6) is 1.55. The van der Waals surface area contributed by atoms with E-state index < -0.39 is 0 Å². The molecule has 4 nitrogen and oxygen atoms in total. The maximum atomic E-state index is 5.82. The lowest BCUT2D eigenvalue weighted by Gasteiger charge is -2.11. The molecule has 21 heavy (non-hydrogen) atoms. The predicted molar refractivity (Wildman–Crippen MR) is 91.3 cm³/mol. The van der Waals surface area contributed by atoms with Crippen molar-refractivity contribution >= 4 is 5.69 Å². The van der Waals surface area contributed by atoms with Crippen LogP contribution in [0.2, 0.25) is 0 Å². The number of unbranched alkanes of at least 4 members (excludes halogenated alkanes) is 1. The highest BCUT2D eigenvalue weighted by Crippen LogP contribution is 2.27. The van der Waals surface area contributed by atoms with Crippen LogP contribution in [0, 0.1) is 0 Å². The smallest absolute Gasteiger partial charge is 0.145 e. The van der Waals surface area contributed by atoms with Crippen molar-refractivity contribution in [1.29, 1.82) is 0 Å². The lowest BCUT2D eigenvalue weighted by molar-refractivity contribution is 0.298. The molecule has 0 atom stereocenters. The SMILES string of the molecule is CCCCOc1cc(OCCC)ccc1N.CCNCC. The Balaban J connectivity index is 0.000000690. The normalized spacial score (nSPS) is 9.71. The van der Waals surface area contributed by atoms with Crippen LogP contribution < -0.4 is 20.5 Å². The minimum absolute atomic E-state index is 0.667. The van der Waals surface area contributed by atoms with Gasteiger partial charge in [0.25, 0.3) is 0 Å². The number of hydrogen-bond donors (Lipinski definition) is 2. The molecule has 0 spiro atoms. The van der Waals surface area contributed by atoms with Gasteiger partial charge in [-0.05, 0) is 38.1 Å². The standard InChI is InChI=1S/C13H21NO2.C4H11N/c1-3-5-9-16-13-10-11(15-8-4-2)6-7-12(13)14;1-3-5-4-2/h6-7,10H,3-5,8-9,14H2,1-2H3;5H,3-4H2,1-2H3. The fourth-order valence-corrected chi connectivity index (χ4v) is 1.53. The molecule has 0 aliphatic rings. The van der Waals surface area contributed by atoms with Crippen molar-refractivity contribution in [2.75, 3.05) is 32.0 Å². The molecular formula is C17H32N2O2. The fourth-order valence-electron chi connectivity index (χ4n) is 1.53. The molecule has 122 valence electrons. The van der Waals surface area contributed by atoms with Gasteiger partial charge in [-0.15, -0.1) is 0 Å². The third kappa shape index (κ3) is 10.0. The van der Waals surface area contributed by atoms with E-state index in [9.17, 15) is 0 Å². The molecule has 0 aliphatic heterocycles. The quantitative estimate of drug-likeness (QED) is 0.537. The number of nitrogens with one attached hydrogen (secondary N) is 1. The Morgan fingerprint density at radius 1 is 0.952 bits per heavy atom. The summed E-state index contributed by atoms with van der Waals surface area (Å²) in [7, 11) is 0. The van der Waals surface area contributed by atoms with Crippen molar-refractivity contribution in [2.45, 2.75) is 47.0 Å². The average molecular weight is 296 g/mol. The number of rotatable bonds is 9. The Bertz CT molecular complexity index is 355. The molecule has 4 heteroatoms. The van der Waals surface area contributed by atoms with Gasteiger partial charge in [-0.2, -0.15) is 0 Å². The summed E-state index contributed by atoms with van der Waals surface area (Å²) in [6.07, 6.45) is 3.15. The molecule has 0 bridgehead atoms. The van der Waals surface area contributed by atoms with E-state index >= 15 is 0 Å². The lowest BCUT2D eigenvalue weighted by Crippen LogP contribution is -2.09. The molecule has 1 aromatic carbocycles. The second-order valence-corrected chi connectivity index (χ2v) is 4.71. The van der Waals surface area contributed by atoms with E-state index in [4.69, 9.17) is 15.2 Å². The number of ether oxygens (including phenoxy) is 2. The van der Waals surface area contributed by atoms with Crippen LogP contribution in [0.25, 0.3) is 0 Å². The maximum Gasteiger partial charge on any atom is 0.145 e. The summed E-state index contributed by atoms with van der Waals surface area (Å²) < 4.78 is 11.1. The van der Waals surface area contributed by atoms with E-state index in [1.165, 1.54) is 0 Å².